The van der Waals surface area contributed by atoms with E-state index in [1.54, 1.807) is 0 Å². The summed E-state index contributed by atoms with van der Waals surface area (Å²) >= 11 is 0. The van der Waals surface area contributed by atoms with Crippen molar-refractivity contribution in [2.75, 3.05) is 39.3 Å². The number of rotatable bonds is 3. The first-order chi connectivity index (χ1) is 14.2. The first kappa shape index (κ1) is 19.5. The average Bonchev–Trinajstić information content (AvgIpc) is 3.43. The topological polar surface area (TPSA) is 55.8 Å². The zero-order valence-electron chi connectivity index (χ0n) is 17.4. The van der Waals surface area contributed by atoms with Crippen LogP contribution in [0.2, 0.25) is 0 Å². The van der Waals surface area contributed by atoms with Crippen molar-refractivity contribution in [2.24, 2.45) is 11.8 Å². The number of fused-ring (bicyclic) bond motifs is 1. The van der Waals surface area contributed by atoms with Gasteiger partial charge in [0.1, 0.15) is 0 Å². The van der Waals surface area contributed by atoms with Crippen LogP contribution >= 0.6 is 0 Å². The van der Waals surface area contributed by atoms with Gasteiger partial charge in [-0.2, -0.15) is 0 Å². The van der Waals surface area contributed by atoms with E-state index in [2.05, 4.69) is 22.3 Å². The second kappa shape index (κ2) is 8.37. The lowest BCUT2D eigenvalue weighted by atomic mass is 9.77. The summed E-state index contributed by atoms with van der Waals surface area (Å²) in [6.07, 6.45) is 6.56. The van der Waals surface area contributed by atoms with E-state index in [4.69, 9.17) is 0 Å². The molecule has 4 atom stereocenters. The van der Waals surface area contributed by atoms with Crippen molar-refractivity contribution in [1.29, 1.82) is 0 Å². The molecule has 1 amide bonds. The summed E-state index contributed by atoms with van der Waals surface area (Å²) in [4.78, 5) is 17.7. The van der Waals surface area contributed by atoms with Gasteiger partial charge in [-0.25, -0.2) is 0 Å². The summed E-state index contributed by atoms with van der Waals surface area (Å²) in [5.41, 5.74) is 2.19. The van der Waals surface area contributed by atoms with E-state index in [0.29, 0.717) is 23.8 Å². The van der Waals surface area contributed by atoms with Gasteiger partial charge in [0.15, 0.2) is 0 Å². The molecule has 1 aromatic rings. The van der Waals surface area contributed by atoms with Crippen LogP contribution in [0.15, 0.2) is 24.3 Å². The van der Waals surface area contributed by atoms with Crippen molar-refractivity contribution < 1.29 is 9.90 Å². The number of nitrogens with one attached hydrogen (secondary N) is 1. The number of nitrogens with zero attached hydrogens (tertiary/aromatic N) is 2. The van der Waals surface area contributed by atoms with E-state index in [9.17, 15) is 9.90 Å². The molecule has 0 aromatic heterocycles. The third kappa shape index (κ3) is 3.97. The Kier molecular flexibility index (Phi) is 5.63. The number of hydrogen-bond donors (Lipinski definition) is 2. The van der Waals surface area contributed by atoms with E-state index < -0.39 is 0 Å². The number of hydrogen-bond acceptors (Lipinski definition) is 4. The minimum absolute atomic E-state index is 0.170. The first-order valence-corrected chi connectivity index (χ1v) is 11.7. The van der Waals surface area contributed by atoms with Crippen LogP contribution in [0, 0.1) is 11.8 Å². The molecule has 5 rings (SSSR count). The zero-order valence-corrected chi connectivity index (χ0v) is 17.4. The van der Waals surface area contributed by atoms with E-state index in [1.165, 1.54) is 31.2 Å². The summed E-state index contributed by atoms with van der Waals surface area (Å²) in [7, 11) is 0. The van der Waals surface area contributed by atoms with Crippen molar-refractivity contribution in [3.63, 3.8) is 0 Å². The molecule has 0 radical (unpaired) electrons. The SMILES string of the molecule is O=C(c1ccc(C2CCNCC2)cc1)N1C[C@H]2C[C@@H](N3CCCC3)[C@H](O)C[C@H]2C1. The highest BCUT2D eigenvalue weighted by molar-refractivity contribution is 5.94. The predicted molar refractivity (Wildman–Crippen MR) is 114 cm³/mol. The number of piperidine rings is 1. The lowest BCUT2D eigenvalue weighted by Gasteiger charge is -2.40. The number of amides is 1. The maximum atomic E-state index is 13.1. The third-order valence-corrected chi connectivity index (χ3v) is 7.97. The largest absolute Gasteiger partial charge is 0.391 e. The molecule has 5 nitrogen and oxygen atoms in total. The van der Waals surface area contributed by atoms with Crippen LogP contribution in [0.5, 0.6) is 0 Å². The Balaban J connectivity index is 1.22. The second-order valence-corrected chi connectivity index (χ2v) is 9.73. The Morgan fingerprint density at radius 3 is 2.31 bits per heavy atom. The van der Waals surface area contributed by atoms with Crippen molar-refractivity contribution in [1.82, 2.24) is 15.1 Å². The lowest BCUT2D eigenvalue weighted by molar-refractivity contribution is -0.000864. The fourth-order valence-electron chi connectivity index (χ4n) is 6.27. The van der Waals surface area contributed by atoms with Crippen LogP contribution < -0.4 is 5.32 Å². The van der Waals surface area contributed by atoms with Crippen LogP contribution in [-0.4, -0.2) is 72.2 Å². The minimum Gasteiger partial charge on any atom is -0.391 e. The van der Waals surface area contributed by atoms with Gasteiger partial charge in [0, 0.05) is 24.7 Å². The predicted octanol–water partition coefficient (Wildman–Crippen LogP) is 2.46. The van der Waals surface area contributed by atoms with Crippen LogP contribution in [0.3, 0.4) is 0 Å². The van der Waals surface area contributed by atoms with E-state index >= 15 is 0 Å². The molecule has 2 N–H and O–H groups in total. The zero-order chi connectivity index (χ0) is 19.8. The molecule has 3 saturated heterocycles. The van der Waals surface area contributed by atoms with Crippen LogP contribution in [-0.2, 0) is 0 Å². The van der Waals surface area contributed by atoms with Gasteiger partial charge in [0.2, 0.25) is 0 Å². The maximum Gasteiger partial charge on any atom is 0.253 e. The Morgan fingerprint density at radius 1 is 0.966 bits per heavy atom. The number of aliphatic hydroxyl groups is 1. The molecule has 4 aliphatic rings. The van der Waals surface area contributed by atoms with E-state index in [-0.39, 0.29) is 12.0 Å². The van der Waals surface area contributed by atoms with Gasteiger partial charge in [-0.3, -0.25) is 9.69 Å². The molecule has 1 saturated carbocycles. The molecular weight excluding hydrogens is 362 g/mol. The summed E-state index contributed by atoms with van der Waals surface area (Å²) in [5, 5.41) is 14.1. The Labute approximate surface area is 174 Å². The fourth-order valence-corrected chi connectivity index (χ4v) is 6.27. The molecule has 3 heterocycles. The Morgan fingerprint density at radius 2 is 1.62 bits per heavy atom. The molecular formula is C24H35N3O2. The molecule has 29 heavy (non-hydrogen) atoms. The minimum atomic E-state index is -0.228. The fraction of sp³-hybridized carbons (Fsp3) is 0.708. The Hall–Kier alpha value is -1.43. The molecule has 0 unspecified atom stereocenters. The highest BCUT2D eigenvalue weighted by Gasteiger charge is 2.45. The van der Waals surface area contributed by atoms with Gasteiger partial charge >= 0.3 is 0 Å². The van der Waals surface area contributed by atoms with Crippen molar-refractivity contribution >= 4 is 5.91 Å². The summed E-state index contributed by atoms with van der Waals surface area (Å²) in [5.74, 6) is 1.80. The van der Waals surface area contributed by atoms with Gasteiger partial charge in [0.25, 0.3) is 5.91 Å². The molecule has 1 aromatic carbocycles. The number of carbonyl (C=O) groups is 1. The smallest absolute Gasteiger partial charge is 0.253 e. The van der Waals surface area contributed by atoms with Gasteiger partial charge in [-0.1, -0.05) is 12.1 Å². The summed E-state index contributed by atoms with van der Waals surface area (Å²) in [6, 6.07) is 8.70. The Bertz CT molecular complexity index is 709. The molecule has 4 fully saturated rings. The standard InChI is InChI=1S/C24H35N3O2/c28-23-14-21-16-27(15-20(21)13-22(23)26-11-1-2-12-26)24(29)19-5-3-17(4-6-19)18-7-9-25-10-8-18/h3-6,18,20-23,25,28H,1-2,7-16H2/t20-,21+,22-,23-/m1/s1. The second-order valence-electron chi connectivity index (χ2n) is 9.73. The normalized spacial score (nSPS) is 33.8. The number of carbonyl (C=O) groups excluding carboxylic acids is 1. The van der Waals surface area contributed by atoms with Crippen molar-refractivity contribution in [3.8, 4) is 0 Å². The molecule has 3 aliphatic heterocycles. The van der Waals surface area contributed by atoms with Crippen LogP contribution in [0.25, 0.3) is 0 Å². The van der Waals surface area contributed by atoms with Crippen LogP contribution in [0.1, 0.15) is 60.4 Å². The van der Waals surface area contributed by atoms with Gasteiger partial charge in [-0.15, -0.1) is 0 Å². The number of aliphatic hydroxyl groups excluding tert-OH is 1. The molecule has 5 heteroatoms. The van der Waals surface area contributed by atoms with Crippen LogP contribution in [0.4, 0.5) is 0 Å². The van der Waals surface area contributed by atoms with Gasteiger partial charge < -0.3 is 15.3 Å². The van der Waals surface area contributed by atoms with Crippen molar-refractivity contribution in [3.05, 3.63) is 35.4 Å². The highest BCUT2D eigenvalue weighted by atomic mass is 16.3. The summed E-state index contributed by atoms with van der Waals surface area (Å²) < 4.78 is 0. The maximum absolute atomic E-state index is 13.1. The summed E-state index contributed by atoms with van der Waals surface area (Å²) in [6.45, 7) is 6.11. The first-order valence-electron chi connectivity index (χ1n) is 11.7. The van der Waals surface area contributed by atoms with Gasteiger partial charge in [-0.05, 0) is 100 Å². The van der Waals surface area contributed by atoms with E-state index in [1.807, 2.05) is 17.0 Å². The van der Waals surface area contributed by atoms with Gasteiger partial charge in [0.05, 0.1) is 6.10 Å². The number of likely N-dealkylation sites (tertiary alicyclic amines) is 2. The molecule has 1 aliphatic carbocycles. The van der Waals surface area contributed by atoms with Crippen molar-refractivity contribution in [2.45, 2.75) is 56.6 Å². The highest BCUT2D eigenvalue weighted by Crippen LogP contribution is 2.39. The monoisotopic (exact) mass is 397 g/mol. The molecule has 0 spiro atoms. The van der Waals surface area contributed by atoms with E-state index in [0.717, 1.165) is 57.7 Å². The number of benzene rings is 1. The lowest BCUT2D eigenvalue weighted by Crippen LogP contribution is -2.48. The quantitative estimate of drug-likeness (QED) is 0.823. The average molecular weight is 398 g/mol. The third-order valence-electron chi connectivity index (χ3n) is 7.97. The molecule has 158 valence electrons. The molecule has 0 bridgehead atoms.